The zero-order chi connectivity index (χ0) is 33.9. The first-order valence-electron chi connectivity index (χ1n) is 14.3. The van der Waals surface area contributed by atoms with Crippen LogP contribution in [0.1, 0.15) is 33.2 Å². The molecular formula is C35H34N4O7S. The average Bonchev–Trinajstić information content (AvgIpc) is 3.08. The van der Waals surface area contributed by atoms with E-state index in [0.29, 0.717) is 45.3 Å². The van der Waals surface area contributed by atoms with Gasteiger partial charge in [-0.15, -0.1) is 11.8 Å². The fourth-order valence-corrected chi connectivity index (χ4v) is 5.20. The van der Waals surface area contributed by atoms with Crippen molar-refractivity contribution in [3.8, 4) is 17.2 Å². The highest BCUT2D eigenvalue weighted by atomic mass is 32.2. The highest BCUT2D eigenvalue weighted by Crippen LogP contribution is 2.38. The molecule has 0 bridgehead atoms. The van der Waals surface area contributed by atoms with Gasteiger partial charge < -0.3 is 35.9 Å². The smallest absolute Gasteiger partial charge is 0.272 e. The molecule has 47 heavy (non-hydrogen) atoms. The zero-order valence-electron chi connectivity index (χ0n) is 26.2. The van der Waals surface area contributed by atoms with E-state index in [2.05, 4.69) is 16.0 Å². The average molecular weight is 655 g/mol. The van der Waals surface area contributed by atoms with Gasteiger partial charge in [0.1, 0.15) is 5.70 Å². The van der Waals surface area contributed by atoms with E-state index in [0.717, 1.165) is 4.90 Å². The maximum absolute atomic E-state index is 13.5. The van der Waals surface area contributed by atoms with E-state index in [9.17, 15) is 19.2 Å². The molecule has 4 aromatic carbocycles. The molecule has 5 N–H and O–H groups in total. The second-order valence-corrected chi connectivity index (χ2v) is 11.4. The van der Waals surface area contributed by atoms with Crippen LogP contribution in [0.25, 0.3) is 6.08 Å². The van der Waals surface area contributed by atoms with Crippen molar-refractivity contribution in [1.82, 2.24) is 5.32 Å². The third kappa shape index (κ3) is 9.14. The summed E-state index contributed by atoms with van der Waals surface area (Å²) in [7, 11) is 4.45. The second-order valence-electron chi connectivity index (χ2n) is 10.0. The fraction of sp³-hybridized carbons (Fsp3) is 0.143. The highest BCUT2D eigenvalue weighted by molar-refractivity contribution is 8.00. The summed E-state index contributed by atoms with van der Waals surface area (Å²) in [5.41, 5.74) is 7.49. The molecular weight excluding hydrogens is 620 g/mol. The minimum Gasteiger partial charge on any atom is -0.493 e. The summed E-state index contributed by atoms with van der Waals surface area (Å²) in [4.78, 5) is 51.4. The van der Waals surface area contributed by atoms with Crippen LogP contribution in [-0.2, 0) is 9.59 Å². The van der Waals surface area contributed by atoms with E-state index < -0.39 is 23.0 Å². The molecule has 0 aliphatic heterocycles. The summed E-state index contributed by atoms with van der Waals surface area (Å²) < 4.78 is 16.3. The van der Waals surface area contributed by atoms with Crippen LogP contribution in [0.3, 0.4) is 0 Å². The number of rotatable bonds is 13. The van der Waals surface area contributed by atoms with Gasteiger partial charge in [0.25, 0.3) is 11.8 Å². The number of carbonyl (C=O) groups is 4. The topological polar surface area (TPSA) is 158 Å². The van der Waals surface area contributed by atoms with Crippen LogP contribution in [-0.4, -0.2) is 50.2 Å². The third-order valence-corrected chi connectivity index (χ3v) is 7.87. The predicted octanol–water partition coefficient (Wildman–Crippen LogP) is 5.34. The number of anilines is 2. The Balaban J connectivity index is 1.49. The first-order chi connectivity index (χ1) is 22.6. The fourth-order valence-electron chi connectivity index (χ4n) is 4.33. The standard InChI is InChI=1S/C35H34N4O7S/c1-21(33(41)37-25-12-10-23(11-13-25)32(36)40)47-27-16-14-26(15-17-27)38-35(43)28(39-34(42)24-8-6-5-7-9-24)18-22-19-29(44-2)31(46-4)30(20-22)45-3/h5-21H,1-4H3,(H2,36,40)(H,37,41)(H,38,43)(H,39,42)/b28-18-. The number of hydrogen-bond donors (Lipinski definition) is 4. The van der Waals surface area contributed by atoms with Crippen LogP contribution in [0.5, 0.6) is 17.2 Å². The molecule has 12 heteroatoms. The minimum absolute atomic E-state index is 0.0271. The molecule has 4 rings (SSSR count). The number of amides is 4. The van der Waals surface area contributed by atoms with Gasteiger partial charge >= 0.3 is 0 Å². The Morgan fingerprint density at radius 2 is 1.32 bits per heavy atom. The largest absolute Gasteiger partial charge is 0.493 e. The normalized spacial score (nSPS) is 11.5. The zero-order valence-corrected chi connectivity index (χ0v) is 27.0. The Morgan fingerprint density at radius 1 is 0.745 bits per heavy atom. The molecule has 11 nitrogen and oxygen atoms in total. The molecule has 0 aliphatic carbocycles. The lowest BCUT2D eigenvalue weighted by atomic mass is 10.1. The number of benzene rings is 4. The number of nitrogens with one attached hydrogen (secondary N) is 3. The summed E-state index contributed by atoms with van der Waals surface area (Å²) in [6, 6.07) is 25.1. The minimum atomic E-state index is -0.571. The van der Waals surface area contributed by atoms with Gasteiger partial charge in [-0.3, -0.25) is 19.2 Å². The maximum atomic E-state index is 13.5. The van der Waals surface area contributed by atoms with Crippen LogP contribution in [0, 0.1) is 0 Å². The Morgan fingerprint density at radius 3 is 1.87 bits per heavy atom. The van der Waals surface area contributed by atoms with Gasteiger partial charge in [-0.2, -0.15) is 0 Å². The van der Waals surface area contributed by atoms with Gasteiger partial charge in [0.15, 0.2) is 11.5 Å². The molecule has 1 atom stereocenters. The number of methoxy groups -OCH3 is 3. The van der Waals surface area contributed by atoms with Crippen LogP contribution >= 0.6 is 11.8 Å². The first kappa shape index (κ1) is 34.1. The summed E-state index contributed by atoms with van der Waals surface area (Å²) in [6.45, 7) is 1.77. The lowest BCUT2D eigenvalue weighted by Crippen LogP contribution is -2.30. The lowest BCUT2D eigenvalue weighted by Gasteiger charge is -2.15. The van der Waals surface area contributed by atoms with Crippen molar-refractivity contribution in [3.63, 3.8) is 0 Å². The molecule has 0 fully saturated rings. The van der Waals surface area contributed by atoms with Gasteiger partial charge in [-0.1, -0.05) is 18.2 Å². The van der Waals surface area contributed by atoms with Crippen molar-refractivity contribution in [2.75, 3.05) is 32.0 Å². The van der Waals surface area contributed by atoms with Crippen LogP contribution in [0.4, 0.5) is 11.4 Å². The third-order valence-electron chi connectivity index (χ3n) is 6.76. The van der Waals surface area contributed by atoms with Crippen molar-refractivity contribution in [1.29, 1.82) is 0 Å². The van der Waals surface area contributed by atoms with E-state index in [-0.39, 0.29) is 11.6 Å². The van der Waals surface area contributed by atoms with Crippen molar-refractivity contribution in [2.24, 2.45) is 5.73 Å². The van der Waals surface area contributed by atoms with E-state index in [1.165, 1.54) is 39.2 Å². The number of thioether (sulfide) groups is 1. The van der Waals surface area contributed by atoms with Gasteiger partial charge in [0, 0.05) is 27.4 Å². The number of hydrogen-bond acceptors (Lipinski definition) is 8. The summed E-state index contributed by atoms with van der Waals surface area (Å²) in [6.07, 6.45) is 1.51. The van der Waals surface area contributed by atoms with E-state index in [1.807, 2.05) is 0 Å². The van der Waals surface area contributed by atoms with Crippen molar-refractivity contribution < 1.29 is 33.4 Å². The molecule has 0 spiro atoms. The molecule has 0 heterocycles. The monoisotopic (exact) mass is 654 g/mol. The van der Waals surface area contributed by atoms with Gasteiger partial charge in [0.2, 0.25) is 17.6 Å². The molecule has 242 valence electrons. The molecule has 0 aromatic heterocycles. The number of ether oxygens (including phenoxy) is 3. The molecule has 4 aromatic rings. The SMILES string of the molecule is COc1cc(/C=C(\NC(=O)c2ccccc2)C(=O)Nc2ccc(SC(C)C(=O)Nc3ccc(C(N)=O)cc3)cc2)cc(OC)c1OC. The van der Waals surface area contributed by atoms with E-state index in [1.54, 1.807) is 97.9 Å². The van der Waals surface area contributed by atoms with Gasteiger partial charge in [-0.25, -0.2) is 0 Å². The second kappa shape index (κ2) is 16.0. The Bertz CT molecular complexity index is 1750. The number of nitrogens with two attached hydrogens (primary N) is 1. The lowest BCUT2D eigenvalue weighted by molar-refractivity contribution is -0.115. The van der Waals surface area contributed by atoms with Crippen molar-refractivity contribution in [3.05, 3.63) is 113 Å². The van der Waals surface area contributed by atoms with Crippen LogP contribution < -0.4 is 35.9 Å². The predicted molar refractivity (Wildman–Crippen MR) is 182 cm³/mol. The highest BCUT2D eigenvalue weighted by Gasteiger charge is 2.19. The Hall–Kier alpha value is -5.75. The quantitative estimate of drug-likeness (QED) is 0.111. The Kier molecular flexibility index (Phi) is 11.6. The molecule has 0 aliphatic rings. The molecule has 0 radical (unpaired) electrons. The van der Waals surface area contributed by atoms with Crippen molar-refractivity contribution >= 4 is 52.8 Å². The van der Waals surface area contributed by atoms with Crippen molar-refractivity contribution in [2.45, 2.75) is 17.1 Å². The van der Waals surface area contributed by atoms with Crippen LogP contribution in [0.15, 0.2) is 102 Å². The van der Waals surface area contributed by atoms with Crippen LogP contribution in [0.2, 0.25) is 0 Å². The van der Waals surface area contributed by atoms with Gasteiger partial charge in [0.05, 0.1) is 26.6 Å². The van der Waals surface area contributed by atoms with Gasteiger partial charge in [-0.05, 0) is 91.4 Å². The summed E-state index contributed by atoms with van der Waals surface area (Å²) in [5.74, 6) is -0.673. The molecule has 0 saturated carbocycles. The molecule has 1 unspecified atom stereocenters. The van der Waals surface area contributed by atoms with E-state index in [4.69, 9.17) is 19.9 Å². The molecule has 4 amide bonds. The maximum Gasteiger partial charge on any atom is 0.272 e. The summed E-state index contributed by atoms with van der Waals surface area (Å²) >= 11 is 1.33. The molecule has 0 saturated heterocycles. The van der Waals surface area contributed by atoms with E-state index >= 15 is 0 Å². The Labute approximate surface area is 276 Å². The first-order valence-corrected chi connectivity index (χ1v) is 15.2. The summed E-state index contributed by atoms with van der Waals surface area (Å²) in [5, 5.41) is 7.89. The number of primary amides is 1. The number of carbonyl (C=O) groups excluding carboxylic acids is 4.